The lowest BCUT2D eigenvalue weighted by Crippen LogP contribution is -2.39. The summed E-state index contributed by atoms with van der Waals surface area (Å²) < 4.78 is 42.5. The molecule has 0 unspecified atom stereocenters. The molecule has 0 atom stereocenters. The van der Waals surface area contributed by atoms with Crippen molar-refractivity contribution in [1.82, 2.24) is 10.6 Å². The van der Waals surface area contributed by atoms with Crippen LogP contribution in [-0.2, 0) is 11.0 Å². The average Bonchev–Trinajstić information content (AvgIpc) is 2.52. The van der Waals surface area contributed by atoms with Gasteiger partial charge in [0.1, 0.15) is 12.4 Å². The molecule has 1 aromatic rings. The van der Waals surface area contributed by atoms with Crippen LogP contribution in [0.1, 0.15) is 18.4 Å². The first kappa shape index (κ1) is 16.6. The molecule has 0 aliphatic carbocycles. The first-order valence-corrected chi connectivity index (χ1v) is 7.25. The molecule has 1 aromatic carbocycles. The van der Waals surface area contributed by atoms with Crippen molar-refractivity contribution in [3.05, 3.63) is 29.8 Å². The maximum absolute atomic E-state index is 12.4. The molecular weight excluding hydrogens is 297 g/mol. The van der Waals surface area contributed by atoms with Crippen molar-refractivity contribution >= 4 is 5.91 Å². The number of piperidine rings is 1. The molecule has 0 radical (unpaired) electrons. The van der Waals surface area contributed by atoms with Crippen LogP contribution >= 0.6 is 0 Å². The van der Waals surface area contributed by atoms with Gasteiger partial charge in [-0.05, 0) is 50.2 Å². The van der Waals surface area contributed by atoms with Gasteiger partial charge < -0.3 is 15.4 Å². The van der Waals surface area contributed by atoms with Gasteiger partial charge in [0, 0.05) is 5.92 Å². The summed E-state index contributed by atoms with van der Waals surface area (Å²) in [5.74, 6) is 0.397. The number of carbonyl (C=O) groups excluding carboxylic acids is 1. The zero-order chi connectivity index (χ0) is 16.0. The van der Waals surface area contributed by atoms with Gasteiger partial charge in [0.2, 0.25) is 5.91 Å². The van der Waals surface area contributed by atoms with Crippen LogP contribution in [0.4, 0.5) is 13.2 Å². The SMILES string of the molecule is O=C(NCCOc1ccc(C(F)(F)F)cc1)C1CCNCC1. The molecule has 1 aliphatic rings. The zero-order valence-electron chi connectivity index (χ0n) is 12.1. The second-order valence-electron chi connectivity index (χ2n) is 5.19. The minimum atomic E-state index is -4.35. The molecule has 4 nitrogen and oxygen atoms in total. The first-order chi connectivity index (χ1) is 10.5. The fourth-order valence-corrected chi connectivity index (χ4v) is 2.31. The van der Waals surface area contributed by atoms with Crippen LogP contribution in [0.3, 0.4) is 0 Å². The van der Waals surface area contributed by atoms with Gasteiger partial charge in [-0.3, -0.25) is 4.79 Å². The zero-order valence-corrected chi connectivity index (χ0v) is 12.1. The van der Waals surface area contributed by atoms with E-state index in [1.165, 1.54) is 12.1 Å². The Balaban J connectivity index is 1.69. The van der Waals surface area contributed by atoms with Crippen molar-refractivity contribution in [2.75, 3.05) is 26.2 Å². The predicted molar refractivity (Wildman–Crippen MR) is 75.5 cm³/mol. The Morgan fingerprint density at radius 2 is 1.86 bits per heavy atom. The quantitative estimate of drug-likeness (QED) is 0.819. The van der Waals surface area contributed by atoms with Crippen molar-refractivity contribution < 1.29 is 22.7 Å². The molecule has 1 aliphatic heterocycles. The highest BCUT2D eigenvalue weighted by atomic mass is 19.4. The second kappa shape index (κ2) is 7.49. The maximum atomic E-state index is 12.4. The van der Waals surface area contributed by atoms with Crippen molar-refractivity contribution in [2.45, 2.75) is 19.0 Å². The van der Waals surface area contributed by atoms with E-state index in [-0.39, 0.29) is 18.4 Å². The Hall–Kier alpha value is -1.76. The van der Waals surface area contributed by atoms with E-state index in [9.17, 15) is 18.0 Å². The van der Waals surface area contributed by atoms with Crippen LogP contribution in [-0.4, -0.2) is 32.1 Å². The molecular formula is C15H19F3N2O2. The van der Waals surface area contributed by atoms with Crippen molar-refractivity contribution in [3.63, 3.8) is 0 Å². The number of hydrogen-bond donors (Lipinski definition) is 2. The molecule has 1 amide bonds. The number of amides is 1. The van der Waals surface area contributed by atoms with E-state index in [0.29, 0.717) is 12.3 Å². The predicted octanol–water partition coefficient (Wildman–Crippen LogP) is 2.20. The third-order valence-electron chi connectivity index (χ3n) is 3.56. The molecule has 22 heavy (non-hydrogen) atoms. The number of nitrogens with one attached hydrogen (secondary N) is 2. The van der Waals surface area contributed by atoms with E-state index < -0.39 is 11.7 Å². The van der Waals surface area contributed by atoms with Crippen LogP contribution in [0.25, 0.3) is 0 Å². The van der Waals surface area contributed by atoms with Crippen LogP contribution in [0.5, 0.6) is 5.75 Å². The number of carbonyl (C=O) groups is 1. The van der Waals surface area contributed by atoms with Crippen LogP contribution in [0.2, 0.25) is 0 Å². The normalized spacial score (nSPS) is 16.3. The monoisotopic (exact) mass is 316 g/mol. The van der Waals surface area contributed by atoms with E-state index in [1.807, 2.05) is 0 Å². The maximum Gasteiger partial charge on any atom is 0.416 e. The summed E-state index contributed by atoms with van der Waals surface area (Å²) >= 11 is 0. The highest BCUT2D eigenvalue weighted by Crippen LogP contribution is 2.30. The lowest BCUT2D eigenvalue weighted by Gasteiger charge is -2.21. The van der Waals surface area contributed by atoms with E-state index in [0.717, 1.165) is 38.1 Å². The lowest BCUT2D eigenvalue weighted by molar-refractivity contribution is -0.137. The van der Waals surface area contributed by atoms with E-state index >= 15 is 0 Å². The molecule has 0 spiro atoms. The van der Waals surface area contributed by atoms with Gasteiger partial charge in [-0.25, -0.2) is 0 Å². The minimum Gasteiger partial charge on any atom is -0.492 e. The summed E-state index contributed by atoms with van der Waals surface area (Å²) in [4.78, 5) is 11.8. The Kier molecular flexibility index (Phi) is 5.65. The lowest BCUT2D eigenvalue weighted by atomic mass is 9.97. The van der Waals surface area contributed by atoms with Crippen LogP contribution in [0, 0.1) is 5.92 Å². The molecule has 0 saturated carbocycles. The van der Waals surface area contributed by atoms with E-state index in [2.05, 4.69) is 10.6 Å². The van der Waals surface area contributed by atoms with Crippen molar-refractivity contribution in [2.24, 2.45) is 5.92 Å². The molecule has 7 heteroatoms. The van der Waals surface area contributed by atoms with E-state index in [4.69, 9.17) is 4.74 Å². The van der Waals surface area contributed by atoms with Crippen molar-refractivity contribution in [1.29, 1.82) is 0 Å². The highest BCUT2D eigenvalue weighted by Gasteiger charge is 2.30. The average molecular weight is 316 g/mol. The van der Waals surface area contributed by atoms with Crippen LogP contribution in [0.15, 0.2) is 24.3 Å². The summed E-state index contributed by atoms with van der Waals surface area (Å²) in [5.41, 5.74) is -0.709. The number of rotatable bonds is 5. The Bertz CT molecular complexity index is 483. The van der Waals surface area contributed by atoms with Crippen LogP contribution < -0.4 is 15.4 Å². The molecule has 1 heterocycles. The minimum absolute atomic E-state index is 0.0116. The third kappa shape index (κ3) is 4.91. The first-order valence-electron chi connectivity index (χ1n) is 7.25. The van der Waals surface area contributed by atoms with E-state index in [1.54, 1.807) is 0 Å². The second-order valence-corrected chi connectivity index (χ2v) is 5.19. The highest BCUT2D eigenvalue weighted by molar-refractivity contribution is 5.78. The number of benzene rings is 1. The fourth-order valence-electron chi connectivity index (χ4n) is 2.31. The van der Waals surface area contributed by atoms with Gasteiger partial charge in [-0.2, -0.15) is 13.2 Å². The summed E-state index contributed by atoms with van der Waals surface area (Å²) in [7, 11) is 0. The summed E-state index contributed by atoms with van der Waals surface area (Å²) in [5, 5.41) is 5.98. The molecule has 1 fully saturated rings. The number of hydrogen-bond acceptors (Lipinski definition) is 3. The topological polar surface area (TPSA) is 50.4 Å². The number of ether oxygens (including phenoxy) is 1. The fraction of sp³-hybridized carbons (Fsp3) is 0.533. The Morgan fingerprint density at radius 1 is 1.23 bits per heavy atom. The smallest absolute Gasteiger partial charge is 0.416 e. The van der Waals surface area contributed by atoms with Crippen molar-refractivity contribution in [3.8, 4) is 5.75 Å². The van der Waals surface area contributed by atoms with Gasteiger partial charge in [0.25, 0.3) is 0 Å². The Morgan fingerprint density at radius 3 is 2.45 bits per heavy atom. The van der Waals surface area contributed by atoms with Gasteiger partial charge in [-0.1, -0.05) is 0 Å². The number of halogens is 3. The summed E-state index contributed by atoms with van der Waals surface area (Å²) in [6.07, 6.45) is -2.70. The molecule has 0 aromatic heterocycles. The van der Waals surface area contributed by atoms with Gasteiger partial charge in [0.05, 0.1) is 12.1 Å². The third-order valence-corrected chi connectivity index (χ3v) is 3.56. The van der Waals surface area contributed by atoms with Gasteiger partial charge >= 0.3 is 6.18 Å². The standard InChI is InChI=1S/C15H19F3N2O2/c16-15(17,18)12-1-3-13(4-2-12)22-10-9-20-14(21)11-5-7-19-8-6-11/h1-4,11,19H,5-10H2,(H,20,21). The van der Waals surface area contributed by atoms with Gasteiger partial charge in [0.15, 0.2) is 0 Å². The summed E-state index contributed by atoms with van der Waals surface area (Å²) in [6.45, 7) is 2.26. The molecule has 1 saturated heterocycles. The molecule has 2 rings (SSSR count). The Labute approximate surface area is 127 Å². The molecule has 122 valence electrons. The summed E-state index contributed by atoms with van der Waals surface area (Å²) in [6, 6.07) is 4.50. The largest absolute Gasteiger partial charge is 0.492 e. The number of alkyl halides is 3. The molecule has 2 N–H and O–H groups in total. The van der Waals surface area contributed by atoms with Gasteiger partial charge in [-0.15, -0.1) is 0 Å². The molecule has 0 bridgehead atoms.